The van der Waals surface area contributed by atoms with E-state index >= 15 is 0 Å². The van der Waals surface area contributed by atoms with Crippen molar-refractivity contribution in [2.45, 2.75) is 25.2 Å². The van der Waals surface area contributed by atoms with E-state index in [4.69, 9.17) is 0 Å². The zero-order valence-corrected chi connectivity index (χ0v) is 17.4. The van der Waals surface area contributed by atoms with Gasteiger partial charge in [-0.1, -0.05) is 24.3 Å². The molecular weight excluding hydrogens is 413 g/mol. The molecule has 0 aliphatic rings. The molecule has 32 heavy (non-hydrogen) atoms. The van der Waals surface area contributed by atoms with Crippen LogP contribution >= 0.6 is 0 Å². The summed E-state index contributed by atoms with van der Waals surface area (Å²) in [7, 11) is 0. The van der Waals surface area contributed by atoms with Gasteiger partial charge in [0.25, 0.3) is 0 Å². The Hall–Kier alpha value is -3.54. The van der Waals surface area contributed by atoms with Gasteiger partial charge in [-0.05, 0) is 72.0 Å². The van der Waals surface area contributed by atoms with E-state index in [2.05, 4.69) is 10.3 Å². The first-order chi connectivity index (χ1) is 15.5. The molecule has 0 atom stereocenters. The van der Waals surface area contributed by atoms with E-state index in [1.807, 2.05) is 0 Å². The van der Waals surface area contributed by atoms with Crippen LogP contribution < -0.4 is 5.32 Å². The molecule has 0 unspecified atom stereocenters. The van der Waals surface area contributed by atoms with Crippen LogP contribution in [-0.4, -0.2) is 17.4 Å². The Labute approximate surface area is 184 Å². The fraction of sp³-hybridized carbons (Fsp3) is 0.192. The summed E-state index contributed by atoms with van der Waals surface area (Å²) < 4.78 is 40.2. The smallest absolute Gasteiger partial charge is 0.224 e. The van der Waals surface area contributed by atoms with E-state index in [1.54, 1.807) is 36.5 Å². The van der Waals surface area contributed by atoms with Gasteiger partial charge in [0, 0.05) is 29.6 Å². The number of carbonyl (C=O) groups is 1. The van der Waals surface area contributed by atoms with E-state index in [0.29, 0.717) is 24.8 Å². The number of aromatic amines is 1. The van der Waals surface area contributed by atoms with Crippen LogP contribution in [0.25, 0.3) is 10.9 Å². The van der Waals surface area contributed by atoms with Gasteiger partial charge in [-0.3, -0.25) is 4.79 Å². The fourth-order valence-corrected chi connectivity index (χ4v) is 3.98. The monoisotopic (exact) mass is 436 g/mol. The van der Waals surface area contributed by atoms with Crippen LogP contribution in [0.5, 0.6) is 0 Å². The highest BCUT2D eigenvalue weighted by molar-refractivity contribution is 5.88. The molecule has 0 radical (unpaired) electrons. The molecule has 164 valence electrons. The molecule has 1 aromatic heterocycles. The van der Waals surface area contributed by atoms with Crippen LogP contribution in [0.4, 0.5) is 13.2 Å². The van der Waals surface area contributed by atoms with E-state index in [1.165, 1.54) is 36.4 Å². The number of benzene rings is 3. The number of halogens is 3. The molecule has 0 bridgehead atoms. The molecule has 0 fully saturated rings. The summed E-state index contributed by atoms with van der Waals surface area (Å²) in [6.45, 7) is 0.467. The van der Waals surface area contributed by atoms with E-state index in [0.717, 1.165) is 22.2 Å². The van der Waals surface area contributed by atoms with Gasteiger partial charge in [0.2, 0.25) is 5.91 Å². The minimum absolute atomic E-state index is 0.0373. The summed E-state index contributed by atoms with van der Waals surface area (Å²) in [4.78, 5) is 15.4. The van der Waals surface area contributed by atoms with Crippen molar-refractivity contribution in [3.63, 3.8) is 0 Å². The normalized spacial score (nSPS) is 11.2. The van der Waals surface area contributed by atoms with Crippen LogP contribution in [0.2, 0.25) is 0 Å². The number of fused-ring (bicyclic) bond motifs is 1. The molecule has 1 amide bonds. The second kappa shape index (κ2) is 9.73. The van der Waals surface area contributed by atoms with Crippen molar-refractivity contribution >= 4 is 16.8 Å². The van der Waals surface area contributed by atoms with Gasteiger partial charge in [0.15, 0.2) is 0 Å². The van der Waals surface area contributed by atoms with Crippen molar-refractivity contribution < 1.29 is 18.0 Å². The first kappa shape index (κ1) is 21.7. The molecule has 4 aromatic rings. The van der Waals surface area contributed by atoms with Gasteiger partial charge in [0.05, 0.1) is 6.42 Å². The molecule has 0 aliphatic heterocycles. The zero-order valence-electron chi connectivity index (χ0n) is 17.4. The molecule has 6 heteroatoms. The number of amides is 1. The third kappa shape index (κ3) is 5.19. The Balaban J connectivity index is 1.36. The Morgan fingerprint density at radius 3 is 2.06 bits per heavy atom. The standard InChI is InChI=1S/C26H23F3N2O/c27-20-7-3-17(4-8-20)23(18-5-9-21(28)10-6-18)2-1-13-30-26(32)14-19-16-31-25-12-11-22(29)15-24(19)25/h3-12,15-16,23,31H,1-2,13-14H2,(H,30,32). The van der Waals surface area contributed by atoms with E-state index < -0.39 is 0 Å². The summed E-state index contributed by atoms with van der Waals surface area (Å²) in [5.41, 5.74) is 3.40. The second-order valence-electron chi connectivity index (χ2n) is 7.83. The van der Waals surface area contributed by atoms with Gasteiger partial charge in [0.1, 0.15) is 17.5 Å². The van der Waals surface area contributed by atoms with Crippen molar-refractivity contribution in [3.8, 4) is 0 Å². The molecular formula is C26H23F3N2O. The summed E-state index contributed by atoms with van der Waals surface area (Å²) in [6.07, 6.45) is 3.27. The lowest BCUT2D eigenvalue weighted by atomic mass is 9.87. The van der Waals surface area contributed by atoms with Crippen LogP contribution in [0.3, 0.4) is 0 Å². The fourth-order valence-electron chi connectivity index (χ4n) is 3.98. The molecule has 1 heterocycles. The van der Waals surface area contributed by atoms with Crippen LogP contribution in [0.15, 0.2) is 72.9 Å². The van der Waals surface area contributed by atoms with Crippen molar-refractivity contribution in [1.82, 2.24) is 10.3 Å². The highest BCUT2D eigenvalue weighted by Crippen LogP contribution is 2.29. The Morgan fingerprint density at radius 2 is 1.44 bits per heavy atom. The number of hydrogen-bond donors (Lipinski definition) is 2. The topological polar surface area (TPSA) is 44.9 Å². The summed E-state index contributed by atoms with van der Waals surface area (Å²) in [5.74, 6) is -1.14. The number of nitrogens with one attached hydrogen (secondary N) is 2. The van der Waals surface area contributed by atoms with Gasteiger partial charge in [-0.15, -0.1) is 0 Å². The summed E-state index contributed by atoms with van der Waals surface area (Å²) in [5, 5.41) is 3.61. The van der Waals surface area contributed by atoms with Crippen molar-refractivity contribution in [2.24, 2.45) is 0 Å². The van der Waals surface area contributed by atoms with E-state index in [9.17, 15) is 18.0 Å². The quantitative estimate of drug-likeness (QED) is 0.334. The van der Waals surface area contributed by atoms with Crippen molar-refractivity contribution in [1.29, 1.82) is 0 Å². The average Bonchev–Trinajstić information content (AvgIpc) is 3.17. The lowest BCUT2D eigenvalue weighted by Crippen LogP contribution is -2.26. The predicted octanol–water partition coefficient (Wildman–Crippen LogP) is 5.86. The summed E-state index contributed by atoms with van der Waals surface area (Å²) in [6, 6.07) is 17.0. The third-order valence-corrected chi connectivity index (χ3v) is 5.62. The summed E-state index contributed by atoms with van der Waals surface area (Å²) >= 11 is 0. The molecule has 3 aromatic carbocycles. The van der Waals surface area contributed by atoms with Gasteiger partial charge in [-0.2, -0.15) is 0 Å². The SMILES string of the molecule is O=C(Cc1c[nH]c2ccc(F)cc12)NCCCC(c1ccc(F)cc1)c1ccc(F)cc1. The Morgan fingerprint density at radius 1 is 0.844 bits per heavy atom. The maximum Gasteiger partial charge on any atom is 0.224 e. The lowest BCUT2D eigenvalue weighted by molar-refractivity contribution is -0.120. The number of aromatic nitrogens is 1. The van der Waals surface area contributed by atoms with Gasteiger partial charge >= 0.3 is 0 Å². The molecule has 3 nitrogen and oxygen atoms in total. The minimum atomic E-state index is -0.341. The highest BCUT2D eigenvalue weighted by atomic mass is 19.1. The van der Waals surface area contributed by atoms with Crippen molar-refractivity contribution in [3.05, 3.63) is 107 Å². The maximum atomic E-state index is 13.5. The average molecular weight is 436 g/mol. The van der Waals surface area contributed by atoms with Gasteiger partial charge < -0.3 is 10.3 Å². The van der Waals surface area contributed by atoms with Crippen LogP contribution in [0.1, 0.15) is 35.4 Å². The van der Waals surface area contributed by atoms with Crippen LogP contribution in [0, 0.1) is 17.5 Å². The Bertz CT molecular complexity index is 1150. The Kier molecular flexibility index (Phi) is 6.59. The maximum absolute atomic E-state index is 13.5. The number of hydrogen-bond acceptors (Lipinski definition) is 1. The number of H-pyrrole nitrogens is 1. The molecule has 0 spiro atoms. The highest BCUT2D eigenvalue weighted by Gasteiger charge is 2.15. The molecule has 4 rings (SSSR count). The second-order valence-corrected chi connectivity index (χ2v) is 7.83. The zero-order chi connectivity index (χ0) is 22.5. The molecule has 0 saturated carbocycles. The number of carbonyl (C=O) groups excluding carboxylic acids is 1. The third-order valence-electron chi connectivity index (χ3n) is 5.62. The predicted molar refractivity (Wildman–Crippen MR) is 119 cm³/mol. The van der Waals surface area contributed by atoms with Crippen molar-refractivity contribution in [2.75, 3.05) is 6.54 Å². The molecule has 0 saturated heterocycles. The van der Waals surface area contributed by atoms with Crippen LogP contribution in [-0.2, 0) is 11.2 Å². The molecule has 2 N–H and O–H groups in total. The molecule has 0 aliphatic carbocycles. The first-order valence-corrected chi connectivity index (χ1v) is 10.5. The largest absolute Gasteiger partial charge is 0.361 e. The minimum Gasteiger partial charge on any atom is -0.361 e. The first-order valence-electron chi connectivity index (χ1n) is 10.5. The number of rotatable bonds is 8. The van der Waals surface area contributed by atoms with E-state index in [-0.39, 0.29) is 35.7 Å². The van der Waals surface area contributed by atoms with Gasteiger partial charge in [-0.25, -0.2) is 13.2 Å². The lowest BCUT2D eigenvalue weighted by Gasteiger charge is -2.18.